The molecule has 1 aliphatic carbocycles. The average molecular weight is 180 g/mol. The maximum absolute atomic E-state index is 11.8. The van der Waals surface area contributed by atoms with Crippen LogP contribution in [0.1, 0.15) is 52.4 Å². The first-order valence-corrected chi connectivity index (χ1v) is 5.39. The second-order valence-electron chi connectivity index (χ2n) is 4.08. The van der Waals surface area contributed by atoms with E-state index in [9.17, 15) is 4.79 Å². The number of ketones is 1. The standard InChI is InChI=1S/C12H20O/c1-3-5-7-11(13)12(8-4-2)9-6-10-12/h3,5H,4,6-10H2,1-2H3/b5-3+. The molecular weight excluding hydrogens is 160 g/mol. The SMILES string of the molecule is C/C=C/CC(=O)C1(CCC)CCC1. The van der Waals surface area contributed by atoms with Crippen molar-refractivity contribution >= 4 is 5.78 Å². The molecule has 0 aromatic carbocycles. The molecule has 0 radical (unpaired) electrons. The van der Waals surface area contributed by atoms with Crippen molar-refractivity contribution < 1.29 is 4.79 Å². The minimum absolute atomic E-state index is 0.0915. The molecular formula is C12H20O. The maximum Gasteiger partial charge on any atom is 0.142 e. The summed E-state index contributed by atoms with van der Waals surface area (Å²) in [6.45, 7) is 4.14. The molecule has 1 rings (SSSR count). The van der Waals surface area contributed by atoms with Gasteiger partial charge in [0, 0.05) is 11.8 Å². The van der Waals surface area contributed by atoms with Crippen molar-refractivity contribution in [2.75, 3.05) is 0 Å². The molecule has 1 heteroatoms. The monoisotopic (exact) mass is 180 g/mol. The van der Waals surface area contributed by atoms with Gasteiger partial charge in [-0.2, -0.15) is 0 Å². The van der Waals surface area contributed by atoms with Crippen LogP contribution in [-0.2, 0) is 4.79 Å². The number of carbonyl (C=O) groups is 1. The quantitative estimate of drug-likeness (QED) is 0.592. The second-order valence-corrected chi connectivity index (χ2v) is 4.08. The third kappa shape index (κ3) is 2.20. The molecule has 74 valence electrons. The molecule has 0 bridgehead atoms. The van der Waals surface area contributed by atoms with Crippen molar-refractivity contribution in [2.45, 2.75) is 52.4 Å². The van der Waals surface area contributed by atoms with Gasteiger partial charge in [0.15, 0.2) is 0 Å². The van der Waals surface area contributed by atoms with Crippen LogP contribution in [0, 0.1) is 5.41 Å². The van der Waals surface area contributed by atoms with Crippen molar-refractivity contribution in [3.8, 4) is 0 Å². The van der Waals surface area contributed by atoms with Crippen molar-refractivity contribution in [2.24, 2.45) is 5.41 Å². The Balaban J connectivity index is 2.50. The third-order valence-electron chi connectivity index (χ3n) is 3.17. The average Bonchev–Trinajstić information content (AvgIpc) is 2.07. The van der Waals surface area contributed by atoms with Crippen LogP contribution < -0.4 is 0 Å². The van der Waals surface area contributed by atoms with Gasteiger partial charge in [-0.15, -0.1) is 0 Å². The molecule has 0 amide bonds. The largest absolute Gasteiger partial charge is 0.299 e. The van der Waals surface area contributed by atoms with Crippen LogP contribution in [0.15, 0.2) is 12.2 Å². The number of carbonyl (C=O) groups excluding carboxylic acids is 1. The zero-order valence-electron chi connectivity index (χ0n) is 8.81. The van der Waals surface area contributed by atoms with Crippen LogP contribution in [0.3, 0.4) is 0 Å². The van der Waals surface area contributed by atoms with E-state index >= 15 is 0 Å². The summed E-state index contributed by atoms with van der Waals surface area (Å²) >= 11 is 0. The summed E-state index contributed by atoms with van der Waals surface area (Å²) in [4.78, 5) is 11.8. The number of hydrogen-bond donors (Lipinski definition) is 0. The third-order valence-corrected chi connectivity index (χ3v) is 3.17. The molecule has 0 N–H and O–H groups in total. The lowest BCUT2D eigenvalue weighted by Crippen LogP contribution is -2.37. The number of Topliss-reactive ketones (excluding diaryl/α,β-unsaturated/α-hetero) is 1. The highest BCUT2D eigenvalue weighted by Gasteiger charge is 2.41. The van der Waals surface area contributed by atoms with Crippen LogP contribution in [0.5, 0.6) is 0 Å². The molecule has 0 heterocycles. The van der Waals surface area contributed by atoms with E-state index < -0.39 is 0 Å². The van der Waals surface area contributed by atoms with Gasteiger partial charge in [-0.25, -0.2) is 0 Å². The Labute approximate surface area is 81.2 Å². The molecule has 0 aromatic heterocycles. The summed E-state index contributed by atoms with van der Waals surface area (Å²) < 4.78 is 0. The molecule has 0 unspecified atom stereocenters. The van der Waals surface area contributed by atoms with E-state index in [0.29, 0.717) is 12.2 Å². The Hall–Kier alpha value is -0.590. The summed E-state index contributed by atoms with van der Waals surface area (Å²) in [6, 6.07) is 0. The Morgan fingerprint density at radius 1 is 1.46 bits per heavy atom. The summed E-state index contributed by atoms with van der Waals surface area (Å²) in [5.41, 5.74) is 0.0915. The van der Waals surface area contributed by atoms with E-state index in [1.54, 1.807) is 0 Å². The lowest BCUT2D eigenvalue weighted by Gasteiger charge is -2.40. The molecule has 13 heavy (non-hydrogen) atoms. The van der Waals surface area contributed by atoms with Gasteiger partial charge in [0.05, 0.1) is 0 Å². The van der Waals surface area contributed by atoms with Gasteiger partial charge in [0.25, 0.3) is 0 Å². The fourth-order valence-corrected chi connectivity index (χ4v) is 2.19. The van der Waals surface area contributed by atoms with Crippen LogP contribution in [0.4, 0.5) is 0 Å². The highest BCUT2D eigenvalue weighted by molar-refractivity contribution is 5.86. The fourth-order valence-electron chi connectivity index (χ4n) is 2.19. The first kappa shape index (κ1) is 10.5. The van der Waals surface area contributed by atoms with Crippen molar-refractivity contribution in [1.29, 1.82) is 0 Å². The van der Waals surface area contributed by atoms with Crippen molar-refractivity contribution in [3.05, 3.63) is 12.2 Å². The molecule has 0 spiro atoms. The molecule has 0 atom stereocenters. The van der Waals surface area contributed by atoms with Gasteiger partial charge in [-0.05, 0) is 26.2 Å². The Kier molecular flexibility index (Phi) is 3.71. The Morgan fingerprint density at radius 2 is 2.15 bits per heavy atom. The lowest BCUT2D eigenvalue weighted by atomic mass is 9.63. The number of rotatable bonds is 5. The highest BCUT2D eigenvalue weighted by Crippen LogP contribution is 2.46. The van der Waals surface area contributed by atoms with E-state index in [-0.39, 0.29) is 5.41 Å². The first-order chi connectivity index (χ1) is 6.25. The van der Waals surface area contributed by atoms with E-state index in [0.717, 1.165) is 25.7 Å². The van der Waals surface area contributed by atoms with Crippen LogP contribution >= 0.6 is 0 Å². The van der Waals surface area contributed by atoms with Gasteiger partial charge >= 0.3 is 0 Å². The van der Waals surface area contributed by atoms with Crippen molar-refractivity contribution in [3.63, 3.8) is 0 Å². The van der Waals surface area contributed by atoms with Gasteiger partial charge in [-0.3, -0.25) is 4.79 Å². The lowest BCUT2D eigenvalue weighted by molar-refractivity contribution is -0.133. The normalized spacial score (nSPS) is 20.2. The molecule has 1 saturated carbocycles. The fraction of sp³-hybridized carbons (Fsp3) is 0.750. The van der Waals surface area contributed by atoms with Gasteiger partial charge in [-0.1, -0.05) is 31.9 Å². The summed E-state index contributed by atoms with van der Waals surface area (Å²) in [7, 11) is 0. The van der Waals surface area contributed by atoms with E-state index in [2.05, 4.69) is 6.92 Å². The van der Waals surface area contributed by atoms with E-state index in [4.69, 9.17) is 0 Å². The summed E-state index contributed by atoms with van der Waals surface area (Å²) in [5, 5.41) is 0. The predicted octanol–water partition coefficient (Wildman–Crippen LogP) is 3.49. The molecule has 0 saturated heterocycles. The van der Waals surface area contributed by atoms with Crippen LogP contribution in [-0.4, -0.2) is 5.78 Å². The van der Waals surface area contributed by atoms with Crippen LogP contribution in [0.2, 0.25) is 0 Å². The molecule has 1 nitrogen and oxygen atoms in total. The van der Waals surface area contributed by atoms with E-state index in [1.165, 1.54) is 6.42 Å². The topological polar surface area (TPSA) is 17.1 Å². The zero-order chi connectivity index (χ0) is 9.73. The number of hydrogen-bond acceptors (Lipinski definition) is 1. The number of allylic oxidation sites excluding steroid dienone is 2. The predicted molar refractivity (Wildman–Crippen MR) is 55.6 cm³/mol. The Morgan fingerprint density at radius 3 is 2.54 bits per heavy atom. The Bertz CT molecular complexity index is 199. The zero-order valence-corrected chi connectivity index (χ0v) is 8.81. The summed E-state index contributed by atoms with van der Waals surface area (Å²) in [5.74, 6) is 0.471. The van der Waals surface area contributed by atoms with Gasteiger partial charge in [0.2, 0.25) is 0 Å². The maximum atomic E-state index is 11.8. The second kappa shape index (κ2) is 4.59. The van der Waals surface area contributed by atoms with Gasteiger partial charge < -0.3 is 0 Å². The van der Waals surface area contributed by atoms with Crippen LogP contribution in [0.25, 0.3) is 0 Å². The summed E-state index contributed by atoms with van der Waals surface area (Å²) in [6.07, 6.45) is 10.4. The van der Waals surface area contributed by atoms with Gasteiger partial charge in [0.1, 0.15) is 5.78 Å². The van der Waals surface area contributed by atoms with E-state index in [1.807, 2.05) is 19.1 Å². The smallest absolute Gasteiger partial charge is 0.142 e. The molecule has 0 aromatic rings. The molecule has 1 fully saturated rings. The molecule has 1 aliphatic rings. The van der Waals surface area contributed by atoms with Crippen molar-refractivity contribution in [1.82, 2.24) is 0 Å². The first-order valence-electron chi connectivity index (χ1n) is 5.39. The highest BCUT2D eigenvalue weighted by atomic mass is 16.1. The minimum Gasteiger partial charge on any atom is -0.299 e. The molecule has 0 aliphatic heterocycles. The minimum atomic E-state index is 0.0915.